The van der Waals surface area contributed by atoms with E-state index >= 15 is 0 Å². The van der Waals surface area contributed by atoms with E-state index in [0.717, 1.165) is 13.0 Å². The average molecular weight is 304 g/mol. The molecule has 1 atom stereocenters. The van der Waals surface area contributed by atoms with Gasteiger partial charge in [-0.3, -0.25) is 0 Å². The SMILES string of the molecule is Cc1cc(Cl)ccc1S(=O)(=O)N(C)CC1CCOC1. The highest BCUT2D eigenvalue weighted by Gasteiger charge is 2.26. The first-order valence-corrected chi connectivity index (χ1v) is 8.03. The van der Waals surface area contributed by atoms with Crippen molar-refractivity contribution in [3.05, 3.63) is 28.8 Å². The molecule has 1 aliphatic heterocycles. The Morgan fingerprint density at radius 1 is 1.47 bits per heavy atom. The van der Waals surface area contributed by atoms with Crippen LogP contribution in [0, 0.1) is 12.8 Å². The number of benzene rings is 1. The average Bonchev–Trinajstić information content (AvgIpc) is 2.81. The molecule has 2 rings (SSSR count). The van der Waals surface area contributed by atoms with E-state index in [1.807, 2.05) is 0 Å². The summed E-state index contributed by atoms with van der Waals surface area (Å²) in [6.45, 7) is 3.60. The lowest BCUT2D eigenvalue weighted by Crippen LogP contribution is -2.32. The van der Waals surface area contributed by atoms with E-state index in [1.54, 1.807) is 32.2 Å². The van der Waals surface area contributed by atoms with Gasteiger partial charge < -0.3 is 4.74 Å². The molecular weight excluding hydrogens is 286 g/mol. The number of rotatable bonds is 4. The van der Waals surface area contributed by atoms with Crippen LogP contribution in [-0.4, -0.2) is 39.5 Å². The standard InChI is InChI=1S/C13H18ClNO3S/c1-10-7-12(14)3-4-13(10)19(16,17)15(2)8-11-5-6-18-9-11/h3-4,7,11H,5-6,8-9H2,1-2H3. The Bertz CT molecular complexity index is 553. The molecule has 0 amide bonds. The number of ether oxygens (including phenoxy) is 1. The van der Waals surface area contributed by atoms with E-state index in [2.05, 4.69) is 0 Å². The molecule has 1 unspecified atom stereocenters. The molecule has 0 saturated carbocycles. The van der Waals surface area contributed by atoms with Gasteiger partial charge in [0, 0.05) is 25.2 Å². The topological polar surface area (TPSA) is 46.6 Å². The minimum absolute atomic E-state index is 0.285. The van der Waals surface area contributed by atoms with Gasteiger partial charge in [0.05, 0.1) is 11.5 Å². The smallest absolute Gasteiger partial charge is 0.243 e. The van der Waals surface area contributed by atoms with Crippen molar-refractivity contribution in [2.75, 3.05) is 26.8 Å². The third-order valence-corrected chi connectivity index (χ3v) is 5.58. The van der Waals surface area contributed by atoms with Gasteiger partial charge in [0.2, 0.25) is 10.0 Å². The summed E-state index contributed by atoms with van der Waals surface area (Å²) in [7, 11) is -1.84. The summed E-state index contributed by atoms with van der Waals surface area (Å²) < 4.78 is 31.7. The molecule has 19 heavy (non-hydrogen) atoms. The maximum absolute atomic E-state index is 12.5. The molecule has 0 radical (unpaired) electrons. The predicted octanol–water partition coefficient (Wildman–Crippen LogP) is 2.31. The van der Waals surface area contributed by atoms with Crippen LogP contribution >= 0.6 is 11.6 Å². The van der Waals surface area contributed by atoms with Crippen LogP contribution in [-0.2, 0) is 14.8 Å². The zero-order valence-electron chi connectivity index (χ0n) is 11.1. The lowest BCUT2D eigenvalue weighted by molar-refractivity contribution is 0.182. The van der Waals surface area contributed by atoms with E-state index in [9.17, 15) is 8.42 Å². The number of halogens is 1. The van der Waals surface area contributed by atoms with Gasteiger partial charge in [-0.15, -0.1) is 0 Å². The van der Waals surface area contributed by atoms with Crippen molar-refractivity contribution in [2.45, 2.75) is 18.2 Å². The highest BCUT2D eigenvalue weighted by atomic mass is 35.5. The van der Waals surface area contributed by atoms with Gasteiger partial charge in [-0.1, -0.05) is 11.6 Å². The zero-order chi connectivity index (χ0) is 14.0. The highest BCUT2D eigenvalue weighted by Crippen LogP contribution is 2.24. The molecule has 0 N–H and O–H groups in total. The zero-order valence-corrected chi connectivity index (χ0v) is 12.7. The predicted molar refractivity (Wildman–Crippen MR) is 74.9 cm³/mol. The van der Waals surface area contributed by atoms with Gasteiger partial charge in [0.15, 0.2) is 0 Å². The molecule has 0 aliphatic carbocycles. The molecule has 6 heteroatoms. The summed E-state index contributed by atoms with van der Waals surface area (Å²) in [6, 6.07) is 4.84. The fraction of sp³-hybridized carbons (Fsp3) is 0.538. The summed E-state index contributed by atoms with van der Waals surface area (Å²) in [4.78, 5) is 0.318. The minimum atomic E-state index is -3.45. The Labute approximate surface area is 119 Å². The monoisotopic (exact) mass is 303 g/mol. The molecule has 1 heterocycles. The van der Waals surface area contributed by atoms with Crippen molar-refractivity contribution >= 4 is 21.6 Å². The van der Waals surface area contributed by atoms with Gasteiger partial charge in [-0.05, 0) is 43.0 Å². The minimum Gasteiger partial charge on any atom is -0.381 e. The highest BCUT2D eigenvalue weighted by molar-refractivity contribution is 7.89. The van der Waals surface area contributed by atoms with Crippen LogP contribution in [0.5, 0.6) is 0 Å². The van der Waals surface area contributed by atoms with Crippen LogP contribution in [0.4, 0.5) is 0 Å². The number of hydrogen-bond acceptors (Lipinski definition) is 3. The molecule has 4 nitrogen and oxygen atoms in total. The van der Waals surface area contributed by atoms with Crippen molar-refractivity contribution in [1.82, 2.24) is 4.31 Å². The number of nitrogens with zero attached hydrogens (tertiary/aromatic N) is 1. The third-order valence-electron chi connectivity index (χ3n) is 3.36. The fourth-order valence-corrected chi connectivity index (χ4v) is 3.93. The largest absolute Gasteiger partial charge is 0.381 e. The second kappa shape index (κ2) is 5.79. The molecule has 0 bridgehead atoms. The maximum atomic E-state index is 12.5. The van der Waals surface area contributed by atoms with Crippen LogP contribution in [0.3, 0.4) is 0 Å². The van der Waals surface area contributed by atoms with Gasteiger partial charge in [0.25, 0.3) is 0 Å². The van der Waals surface area contributed by atoms with Gasteiger partial charge in [-0.2, -0.15) is 0 Å². The van der Waals surface area contributed by atoms with Crippen LogP contribution in [0.2, 0.25) is 5.02 Å². The molecule has 1 saturated heterocycles. The van der Waals surface area contributed by atoms with E-state index in [-0.39, 0.29) is 5.92 Å². The second-order valence-corrected chi connectivity index (χ2v) is 7.37. The van der Waals surface area contributed by atoms with Crippen LogP contribution in [0.1, 0.15) is 12.0 Å². The molecule has 0 aromatic heterocycles. The Kier molecular flexibility index (Phi) is 4.50. The van der Waals surface area contributed by atoms with Crippen molar-refractivity contribution in [3.8, 4) is 0 Å². The summed E-state index contributed by atoms with van der Waals surface area (Å²) in [6.07, 6.45) is 0.916. The summed E-state index contributed by atoms with van der Waals surface area (Å²) in [5.41, 5.74) is 0.669. The van der Waals surface area contributed by atoms with E-state index in [0.29, 0.717) is 28.6 Å². The first-order chi connectivity index (χ1) is 8.91. The molecule has 0 spiro atoms. The fourth-order valence-electron chi connectivity index (χ4n) is 2.26. The van der Waals surface area contributed by atoms with Crippen molar-refractivity contribution < 1.29 is 13.2 Å². The number of aryl methyl sites for hydroxylation is 1. The van der Waals surface area contributed by atoms with Gasteiger partial charge >= 0.3 is 0 Å². The first-order valence-electron chi connectivity index (χ1n) is 6.21. The summed E-state index contributed by atoms with van der Waals surface area (Å²) >= 11 is 5.86. The quantitative estimate of drug-likeness (QED) is 0.857. The molecule has 106 valence electrons. The van der Waals surface area contributed by atoms with Crippen LogP contribution in [0.25, 0.3) is 0 Å². The Morgan fingerprint density at radius 2 is 2.21 bits per heavy atom. The molecule has 1 aromatic rings. The second-order valence-electron chi connectivity index (χ2n) is 4.92. The molecule has 1 aromatic carbocycles. The first kappa shape index (κ1) is 14.8. The molecule has 1 fully saturated rings. The maximum Gasteiger partial charge on any atom is 0.243 e. The van der Waals surface area contributed by atoms with E-state index in [1.165, 1.54) is 4.31 Å². The Balaban J connectivity index is 2.20. The van der Waals surface area contributed by atoms with E-state index in [4.69, 9.17) is 16.3 Å². The third kappa shape index (κ3) is 3.28. The van der Waals surface area contributed by atoms with Gasteiger partial charge in [-0.25, -0.2) is 12.7 Å². The van der Waals surface area contributed by atoms with E-state index < -0.39 is 10.0 Å². The van der Waals surface area contributed by atoms with Gasteiger partial charge in [0.1, 0.15) is 0 Å². The van der Waals surface area contributed by atoms with Crippen molar-refractivity contribution in [1.29, 1.82) is 0 Å². The molecular formula is C13H18ClNO3S. The van der Waals surface area contributed by atoms with Crippen molar-refractivity contribution in [2.24, 2.45) is 5.92 Å². The number of hydrogen-bond donors (Lipinski definition) is 0. The normalized spacial score (nSPS) is 20.1. The lowest BCUT2D eigenvalue weighted by atomic mass is 10.1. The Morgan fingerprint density at radius 3 is 2.79 bits per heavy atom. The summed E-state index contributed by atoms with van der Waals surface area (Å²) in [5.74, 6) is 0.285. The van der Waals surface area contributed by atoms with Crippen LogP contribution < -0.4 is 0 Å². The number of sulfonamides is 1. The summed E-state index contributed by atoms with van der Waals surface area (Å²) in [5, 5.41) is 0.545. The lowest BCUT2D eigenvalue weighted by Gasteiger charge is -2.21. The Hall–Kier alpha value is -0.620. The molecule has 1 aliphatic rings. The van der Waals surface area contributed by atoms with Crippen LogP contribution in [0.15, 0.2) is 23.1 Å². The van der Waals surface area contributed by atoms with Crippen molar-refractivity contribution in [3.63, 3.8) is 0 Å².